The molecule has 4 nitrogen and oxygen atoms in total. The molecule has 1 amide bonds. The number of fused-ring (bicyclic) bond motifs is 2. The van der Waals surface area contributed by atoms with Gasteiger partial charge >= 0.3 is 0 Å². The fourth-order valence-electron chi connectivity index (χ4n) is 5.66. The largest absolute Gasteiger partial charge is 0.340 e. The molecule has 0 spiro atoms. The van der Waals surface area contributed by atoms with E-state index >= 15 is 0 Å². The standard InChI is InChI=1S/C22H29BrN2O2/c1-20(2)21(3)9-10-22(20,17(23)18(21)26)19(27)25-13-11-24(12-14-25)15-16-7-5-4-6-8-16/h4-8,17H,9-15H2,1-3H3. The molecule has 2 aliphatic carbocycles. The quantitative estimate of drug-likeness (QED) is 0.686. The fraction of sp³-hybridized carbons (Fsp3) is 0.636. The zero-order chi connectivity index (χ0) is 19.4. The molecule has 27 heavy (non-hydrogen) atoms. The molecular formula is C22H29BrN2O2. The van der Waals surface area contributed by atoms with Crippen LogP contribution in [0.5, 0.6) is 0 Å². The van der Waals surface area contributed by atoms with Crippen molar-refractivity contribution in [1.82, 2.24) is 9.80 Å². The number of benzene rings is 1. The summed E-state index contributed by atoms with van der Waals surface area (Å²) in [5.41, 5.74) is 0.001000. The number of halogens is 1. The molecule has 0 N–H and O–H groups in total. The van der Waals surface area contributed by atoms with Gasteiger partial charge in [0.2, 0.25) is 5.91 Å². The van der Waals surface area contributed by atoms with Gasteiger partial charge in [0, 0.05) is 38.1 Å². The van der Waals surface area contributed by atoms with Crippen LogP contribution in [0.4, 0.5) is 0 Å². The van der Waals surface area contributed by atoms with Crippen molar-refractivity contribution >= 4 is 27.6 Å². The number of ketones is 1. The summed E-state index contributed by atoms with van der Waals surface area (Å²) in [6, 6.07) is 10.5. The summed E-state index contributed by atoms with van der Waals surface area (Å²) in [6.07, 6.45) is 1.63. The predicted octanol–water partition coefficient (Wildman–Crippen LogP) is 3.49. The van der Waals surface area contributed by atoms with E-state index in [1.165, 1.54) is 5.56 Å². The van der Waals surface area contributed by atoms with Crippen molar-refractivity contribution in [2.24, 2.45) is 16.2 Å². The minimum Gasteiger partial charge on any atom is -0.340 e. The summed E-state index contributed by atoms with van der Waals surface area (Å²) in [7, 11) is 0. The van der Waals surface area contributed by atoms with Gasteiger partial charge in [-0.15, -0.1) is 0 Å². The van der Waals surface area contributed by atoms with Crippen LogP contribution in [0.2, 0.25) is 0 Å². The number of carbonyl (C=O) groups excluding carboxylic acids is 2. The second kappa shape index (κ2) is 6.41. The van der Waals surface area contributed by atoms with Gasteiger partial charge in [0.15, 0.2) is 5.78 Å². The number of carbonyl (C=O) groups is 2. The van der Waals surface area contributed by atoms with Crippen LogP contribution in [-0.2, 0) is 16.1 Å². The van der Waals surface area contributed by atoms with E-state index in [1.54, 1.807) is 0 Å². The van der Waals surface area contributed by atoms with Crippen LogP contribution < -0.4 is 0 Å². The van der Waals surface area contributed by atoms with Crippen LogP contribution in [0.3, 0.4) is 0 Å². The topological polar surface area (TPSA) is 40.6 Å². The molecule has 1 heterocycles. The molecule has 146 valence electrons. The highest BCUT2D eigenvalue weighted by atomic mass is 79.9. The Morgan fingerprint density at radius 3 is 2.26 bits per heavy atom. The molecule has 4 rings (SSSR count). The monoisotopic (exact) mass is 432 g/mol. The molecule has 3 fully saturated rings. The van der Waals surface area contributed by atoms with Crippen LogP contribution >= 0.6 is 15.9 Å². The minimum absolute atomic E-state index is 0.184. The van der Waals surface area contributed by atoms with Crippen molar-refractivity contribution in [2.45, 2.75) is 45.0 Å². The maximum atomic E-state index is 13.7. The van der Waals surface area contributed by atoms with Gasteiger partial charge in [0.25, 0.3) is 0 Å². The first-order valence-corrected chi connectivity index (χ1v) is 10.9. The Bertz CT molecular complexity index is 757. The lowest BCUT2D eigenvalue weighted by Gasteiger charge is -2.45. The zero-order valence-corrected chi connectivity index (χ0v) is 18.1. The minimum atomic E-state index is -0.597. The summed E-state index contributed by atoms with van der Waals surface area (Å²) in [5, 5.41) is 0. The maximum Gasteiger partial charge on any atom is 0.231 e. The summed E-state index contributed by atoms with van der Waals surface area (Å²) in [6.45, 7) is 10.5. The molecule has 5 heteroatoms. The average molecular weight is 433 g/mol. The Labute approximate surface area is 170 Å². The Morgan fingerprint density at radius 1 is 1.07 bits per heavy atom. The Kier molecular flexibility index (Phi) is 4.54. The molecular weight excluding hydrogens is 404 g/mol. The first-order chi connectivity index (χ1) is 12.7. The number of amides is 1. The van der Waals surface area contributed by atoms with Gasteiger partial charge in [-0.2, -0.15) is 0 Å². The number of alkyl halides is 1. The molecule has 3 atom stereocenters. The lowest BCUT2D eigenvalue weighted by molar-refractivity contribution is -0.149. The maximum absolute atomic E-state index is 13.7. The number of hydrogen-bond acceptors (Lipinski definition) is 3. The highest BCUT2D eigenvalue weighted by molar-refractivity contribution is 9.10. The van der Waals surface area contributed by atoms with Gasteiger partial charge in [-0.1, -0.05) is 67.0 Å². The molecule has 1 aliphatic heterocycles. The molecule has 2 bridgehead atoms. The molecule has 3 unspecified atom stereocenters. The molecule has 1 saturated heterocycles. The Balaban J connectivity index is 1.48. The van der Waals surface area contributed by atoms with E-state index in [0.717, 1.165) is 45.6 Å². The van der Waals surface area contributed by atoms with Crippen LogP contribution in [-0.4, -0.2) is 52.5 Å². The normalized spacial score (nSPS) is 35.6. The third kappa shape index (κ3) is 2.50. The van der Waals surface area contributed by atoms with Crippen LogP contribution in [0.25, 0.3) is 0 Å². The van der Waals surface area contributed by atoms with Crippen LogP contribution in [0.15, 0.2) is 30.3 Å². The van der Waals surface area contributed by atoms with E-state index in [-0.39, 0.29) is 21.9 Å². The van der Waals surface area contributed by atoms with E-state index in [1.807, 2.05) is 11.0 Å². The zero-order valence-electron chi connectivity index (χ0n) is 16.5. The van der Waals surface area contributed by atoms with Gasteiger partial charge in [0.1, 0.15) is 0 Å². The van der Waals surface area contributed by atoms with E-state index in [0.29, 0.717) is 0 Å². The summed E-state index contributed by atoms with van der Waals surface area (Å²) in [4.78, 5) is 30.7. The van der Waals surface area contributed by atoms with Gasteiger partial charge in [0.05, 0.1) is 10.2 Å². The lowest BCUT2D eigenvalue weighted by atomic mass is 9.64. The number of Topliss-reactive ketones (excluding diaryl/α,β-unsaturated/α-hetero) is 1. The Morgan fingerprint density at radius 2 is 1.70 bits per heavy atom. The van der Waals surface area contributed by atoms with Crippen molar-refractivity contribution in [1.29, 1.82) is 0 Å². The van der Waals surface area contributed by atoms with Gasteiger partial charge in [-0.25, -0.2) is 0 Å². The van der Waals surface area contributed by atoms with E-state index in [2.05, 4.69) is 65.9 Å². The summed E-state index contributed by atoms with van der Waals surface area (Å²) < 4.78 is 0. The van der Waals surface area contributed by atoms with Crippen LogP contribution in [0.1, 0.15) is 39.2 Å². The first-order valence-electron chi connectivity index (χ1n) is 9.98. The SMILES string of the molecule is CC12CCC(C(=O)N3CCN(Cc4ccccc4)CC3)(C(Br)C1=O)C2(C)C. The number of hydrogen-bond donors (Lipinski definition) is 0. The van der Waals surface area contributed by atoms with E-state index in [9.17, 15) is 9.59 Å². The van der Waals surface area contributed by atoms with Gasteiger partial charge in [-0.05, 0) is 23.8 Å². The van der Waals surface area contributed by atoms with Crippen molar-refractivity contribution in [3.63, 3.8) is 0 Å². The van der Waals surface area contributed by atoms with Crippen LogP contribution in [0, 0.1) is 16.2 Å². The molecule has 3 aliphatic rings. The fourth-order valence-corrected chi connectivity index (χ4v) is 7.16. The lowest BCUT2D eigenvalue weighted by Crippen LogP contribution is -2.57. The second-order valence-corrected chi connectivity index (χ2v) is 10.1. The van der Waals surface area contributed by atoms with Gasteiger partial charge < -0.3 is 4.90 Å². The smallest absolute Gasteiger partial charge is 0.231 e. The number of rotatable bonds is 3. The molecule has 1 aromatic carbocycles. The number of nitrogens with zero attached hydrogens (tertiary/aromatic N) is 2. The molecule has 0 radical (unpaired) electrons. The first kappa shape index (κ1) is 19.1. The highest BCUT2D eigenvalue weighted by Crippen LogP contribution is 2.72. The van der Waals surface area contributed by atoms with Crippen molar-refractivity contribution in [3.05, 3.63) is 35.9 Å². The highest BCUT2D eigenvalue weighted by Gasteiger charge is 2.77. The molecule has 0 aromatic heterocycles. The van der Waals surface area contributed by atoms with E-state index < -0.39 is 10.8 Å². The third-order valence-corrected chi connectivity index (χ3v) is 9.21. The number of piperazine rings is 1. The average Bonchev–Trinajstić information content (AvgIpc) is 2.94. The predicted molar refractivity (Wildman–Crippen MR) is 110 cm³/mol. The van der Waals surface area contributed by atoms with Crippen molar-refractivity contribution < 1.29 is 9.59 Å². The Hall–Kier alpha value is -1.20. The summed E-state index contributed by atoms with van der Waals surface area (Å²) >= 11 is 3.64. The summed E-state index contributed by atoms with van der Waals surface area (Å²) in [5.74, 6) is 0.401. The molecule has 1 aromatic rings. The van der Waals surface area contributed by atoms with Crippen molar-refractivity contribution in [2.75, 3.05) is 26.2 Å². The van der Waals surface area contributed by atoms with E-state index in [4.69, 9.17) is 0 Å². The molecule has 2 saturated carbocycles. The van der Waals surface area contributed by atoms with Gasteiger partial charge in [-0.3, -0.25) is 14.5 Å². The second-order valence-electron chi connectivity index (χ2n) is 9.21. The third-order valence-electron chi connectivity index (χ3n) is 8.01. The van der Waals surface area contributed by atoms with Crippen molar-refractivity contribution in [3.8, 4) is 0 Å².